The standard InChI is InChI=1S/C20H30N2/c1-14-10-8-9-11-16(14)22-15(2)17-20(6,7)12-13-21(17)18(22)19(3,4)5/h8-13,15,17-18H,1-7H3/t15-,17?,18?/m0/s1. The van der Waals surface area contributed by atoms with Crippen molar-refractivity contribution in [1.29, 1.82) is 0 Å². The largest absolute Gasteiger partial charge is 0.351 e. The second-order valence-electron chi connectivity index (χ2n) is 8.70. The van der Waals surface area contributed by atoms with Crippen molar-refractivity contribution in [3.8, 4) is 0 Å². The van der Waals surface area contributed by atoms with Gasteiger partial charge in [0.1, 0.15) is 6.17 Å². The van der Waals surface area contributed by atoms with Gasteiger partial charge in [-0.05, 0) is 31.7 Å². The minimum absolute atomic E-state index is 0.191. The minimum Gasteiger partial charge on any atom is -0.351 e. The van der Waals surface area contributed by atoms with Gasteiger partial charge in [0, 0.05) is 22.6 Å². The van der Waals surface area contributed by atoms with Crippen LogP contribution in [0.2, 0.25) is 0 Å². The monoisotopic (exact) mass is 298 g/mol. The lowest BCUT2D eigenvalue weighted by Crippen LogP contribution is -2.47. The molecule has 0 aromatic heterocycles. The molecule has 0 bridgehead atoms. The van der Waals surface area contributed by atoms with Crippen LogP contribution in [0, 0.1) is 17.8 Å². The summed E-state index contributed by atoms with van der Waals surface area (Å²) in [5, 5.41) is 0. The molecule has 1 aromatic rings. The van der Waals surface area contributed by atoms with Crippen LogP contribution in [-0.4, -0.2) is 23.1 Å². The number of anilines is 1. The molecule has 0 amide bonds. The third kappa shape index (κ3) is 2.15. The topological polar surface area (TPSA) is 6.48 Å². The van der Waals surface area contributed by atoms with E-state index in [2.05, 4.69) is 94.8 Å². The molecule has 1 saturated heterocycles. The van der Waals surface area contributed by atoms with Crippen LogP contribution in [0.1, 0.15) is 47.1 Å². The second kappa shape index (κ2) is 4.78. The molecule has 2 aliphatic rings. The van der Waals surface area contributed by atoms with Gasteiger partial charge in [0.25, 0.3) is 0 Å². The predicted molar refractivity (Wildman–Crippen MR) is 94.9 cm³/mol. The molecule has 0 radical (unpaired) electrons. The summed E-state index contributed by atoms with van der Waals surface area (Å²) in [5.41, 5.74) is 3.16. The Morgan fingerprint density at radius 2 is 1.73 bits per heavy atom. The summed E-state index contributed by atoms with van der Waals surface area (Å²) in [6.07, 6.45) is 5.13. The molecule has 1 aromatic carbocycles. The number of benzene rings is 1. The van der Waals surface area contributed by atoms with E-state index in [9.17, 15) is 0 Å². The molecule has 0 N–H and O–H groups in total. The van der Waals surface area contributed by atoms with Gasteiger partial charge in [-0.1, -0.05) is 58.9 Å². The maximum absolute atomic E-state index is 2.66. The van der Waals surface area contributed by atoms with Crippen molar-refractivity contribution in [3.05, 3.63) is 42.1 Å². The van der Waals surface area contributed by atoms with Crippen LogP contribution >= 0.6 is 0 Å². The molecule has 2 nitrogen and oxygen atoms in total. The summed E-state index contributed by atoms with van der Waals surface area (Å²) < 4.78 is 0. The molecule has 22 heavy (non-hydrogen) atoms. The van der Waals surface area contributed by atoms with Crippen molar-refractivity contribution in [2.24, 2.45) is 10.8 Å². The van der Waals surface area contributed by atoms with Gasteiger partial charge in [-0.2, -0.15) is 0 Å². The van der Waals surface area contributed by atoms with Crippen LogP contribution in [0.15, 0.2) is 36.5 Å². The maximum Gasteiger partial charge on any atom is 0.107 e. The van der Waals surface area contributed by atoms with Crippen LogP contribution < -0.4 is 4.90 Å². The van der Waals surface area contributed by atoms with Gasteiger partial charge >= 0.3 is 0 Å². The zero-order chi connectivity index (χ0) is 16.3. The zero-order valence-corrected chi connectivity index (χ0v) is 15.1. The molecule has 0 saturated carbocycles. The SMILES string of the molecule is Cc1ccccc1N1C(C(C)(C)C)N2C=CC(C)(C)C2[C@@H]1C. The molecular weight excluding hydrogens is 268 g/mol. The number of para-hydroxylation sites is 1. The van der Waals surface area contributed by atoms with Gasteiger partial charge < -0.3 is 9.80 Å². The molecule has 1 fully saturated rings. The van der Waals surface area contributed by atoms with Crippen molar-refractivity contribution in [2.75, 3.05) is 4.90 Å². The third-order valence-electron chi connectivity index (χ3n) is 5.37. The summed E-state index contributed by atoms with van der Waals surface area (Å²) in [4.78, 5) is 5.27. The van der Waals surface area contributed by atoms with Crippen LogP contribution in [0.5, 0.6) is 0 Å². The van der Waals surface area contributed by atoms with Crippen molar-refractivity contribution in [1.82, 2.24) is 4.90 Å². The Bertz CT molecular complexity index is 594. The van der Waals surface area contributed by atoms with E-state index in [1.165, 1.54) is 11.3 Å². The van der Waals surface area contributed by atoms with Crippen LogP contribution in [0.3, 0.4) is 0 Å². The van der Waals surface area contributed by atoms with Gasteiger partial charge in [-0.3, -0.25) is 0 Å². The van der Waals surface area contributed by atoms with E-state index in [0.29, 0.717) is 18.2 Å². The summed E-state index contributed by atoms with van der Waals surface area (Å²) in [7, 11) is 0. The molecule has 3 atom stereocenters. The Hall–Kier alpha value is -1.44. The molecule has 120 valence electrons. The first-order valence-corrected chi connectivity index (χ1v) is 8.45. The van der Waals surface area contributed by atoms with Crippen LogP contribution in [0.4, 0.5) is 5.69 Å². The van der Waals surface area contributed by atoms with E-state index in [0.717, 1.165) is 0 Å². The summed E-state index contributed by atoms with van der Waals surface area (Å²) >= 11 is 0. The highest BCUT2D eigenvalue weighted by Crippen LogP contribution is 2.49. The molecular formula is C20H30N2. The smallest absolute Gasteiger partial charge is 0.107 e. The average Bonchev–Trinajstić information content (AvgIpc) is 2.86. The summed E-state index contributed by atoms with van der Waals surface area (Å²) in [6.45, 7) is 16.4. The lowest BCUT2D eigenvalue weighted by atomic mass is 9.83. The first-order chi connectivity index (χ1) is 10.1. The second-order valence-corrected chi connectivity index (χ2v) is 8.70. The normalized spacial score (nSPS) is 30.0. The van der Waals surface area contributed by atoms with Crippen molar-refractivity contribution in [3.63, 3.8) is 0 Å². The fraction of sp³-hybridized carbons (Fsp3) is 0.600. The van der Waals surface area contributed by atoms with Gasteiger partial charge in [0.05, 0.1) is 6.04 Å². The lowest BCUT2D eigenvalue weighted by Gasteiger charge is -2.41. The van der Waals surface area contributed by atoms with Gasteiger partial charge in [-0.25, -0.2) is 0 Å². The Balaban J connectivity index is 2.12. The Morgan fingerprint density at radius 3 is 2.32 bits per heavy atom. The van der Waals surface area contributed by atoms with Crippen LogP contribution in [-0.2, 0) is 0 Å². The molecule has 2 heteroatoms. The van der Waals surface area contributed by atoms with Crippen molar-refractivity contribution < 1.29 is 0 Å². The number of rotatable bonds is 1. The average molecular weight is 298 g/mol. The Kier molecular flexibility index (Phi) is 3.36. The first kappa shape index (κ1) is 15.5. The van der Waals surface area contributed by atoms with E-state index < -0.39 is 0 Å². The number of nitrogens with zero attached hydrogens (tertiary/aromatic N) is 2. The van der Waals surface area contributed by atoms with Crippen LogP contribution in [0.25, 0.3) is 0 Å². The first-order valence-electron chi connectivity index (χ1n) is 8.45. The van der Waals surface area contributed by atoms with E-state index >= 15 is 0 Å². The van der Waals surface area contributed by atoms with Crippen molar-refractivity contribution in [2.45, 2.75) is 66.7 Å². The highest BCUT2D eigenvalue weighted by molar-refractivity contribution is 5.57. The quantitative estimate of drug-likeness (QED) is 0.735. The fourth-order valence-corrected chi connectivity index (χ4v) is 4.55. The minimum atomic E-state index is 0.191. The highest BCUT2D eigenvalue weighted by Gasteiger charge is 2.55. The zero-order valence-electron chi connectivity index (χ0n) is 15.1. The van der Waals surface area contributed by atoms with E-state index in [1.54, 1.807) is 0 Å². The highest BCUT2D eigenvalue weighted by atomic mass is 15.5. The molecule has 0 spiro atoms. The molecule has 0 aliphatic carbocycles. The molecule has 2 unspecified atom stereocenters. The van der Waals surface area contributed by atoms with Gasteiger partial charge in [0.15, 0.2) is 0 Å². The maximum atomic E-state index is 2.66. The number of hydrogen-bond acceptors (Lipinski definition) is 2. The molecule has 2 aliphatic heterocycles. The van der Waals surface area contributed by atoms with E-state index in [4.69, 9.17) is 0 Å². The van der Waals surface area contributed by atoms with E-state index in [-0.39, 0.29) is 10.8 Å². The number of fused-ring (bicyclic) bond motifs is 1. The Morgan fingerprint density at radius 1 is 1.09 bits per heavy atom. The molecule has 3 rings (SSSR count). The van der Waals surface area contributed by atoms with Gasteiger partial charge in [0.2, 0.25) is 0 Å². The lowest BCUT2D eigenvalue weighted by molar-refractivity contribution is 0.138. The van der Waals surface area contributed by atoms with Gasteiger partial charge in [-0.15, -0.1) is 0 Å². The fourth-order valence-electron chi connectivity index (χ4n) is 4.55. The predicted octanol–water partition coefficient (Wildman–Crippen LogP) is 4.80. The van der Waals surface area contributed by atoms with Crippen molar-refractivity contribution >= 4 is 5.69 Å². The Labute approximate surface area is 135 Å². The summed E-state index contributed by atoms with van der Waals surface area (Å²) in [6, 6.07) is 9.84. The number of hydrogen-bond donors (Lipinski definition) is 0. The summed E-state index contributed by atoms with van der Waals surface area (Å²) in [5.74, 6) is 0. The third-order valence-corrected chi connectivity index (χ3v) is 5.37. The molecule has 2 heterocycles. The number of aryl methyl sites for hydroxylation is 1. The van der Waals surface area contributed by atoms with E-state index in [1.807, 2.05) is 0 Å².